The van der Waals surface area contributed by atoms with Crippen molar-refractivity contribution in [1.29, 1.82) is 0 Å². The molecule has 0 spiro atoms. The van der Waals surface area contributed by atoms with Gasteiger partial charge >= 0.3 is 6.18 Å². The van der Waals surface area contributed by atoms with Crippen LogP contribution in [0.1, 0.15) is 50.6 Å². The van der Waals surface area contributed by atoms with Gasteiger partial charge in [0, 0.05) is 50.4 Å². The lowest BCUT2D eigenvalue weighted by Gasteiger charge is -2.37. The van der Waals surface area contributed by atoms with Crippen LogP contribution in [0.2, 0.25) is 5.02 Å². The van der Waals surface area contributed by atoms with Crippen molar-refractivity contribution in [3.8, 4) is 22.5 Å². The highest BCUT2D eigenvalue weighted by Gasteiger charge is 2.39. The van der Waals surface area contributed by atoms with E-state index in [4.69, 9.17) is 17.3 Å². The second kappa shape index (κ2) is 13.9. The SMILES string of the molecule is Cc1cc(N)ncc1-c1n[nH]c(C(F)(F)F)c1-c1cnc(C(=O)NCc2ccc(C(=O)N3CCN(C(=O)C4CCNCC4)CC3)c(Cl)c2)[nH]1. The maximum atomic E-state index is 14.0. The molecule has 0 atom stereocenters. The minimum atomic E-state index is -4.78. The van der Waals surface area contributed by atoms with E-state index in [-0.39, 0.29) is 57.9 Å². The van der Waals surface area contributed by atoms with E-state index in [1.165, 1.54) is 12.3 Å². The normalized spacial score (nSPS) is 15.8. The second-order valence-corrected chi connectivity index (χ2v) is 12.4. The molecule has 0 unspecified atom stereocenters. The summed E-state index contributed by atoms with van der Waals surface area (Å²) < 4.78 is 41.9. The number of nitrogen functional groups attached to an aromatic ring is 1. The number of carbonyl (C=O) groups is 3. The lowest BCUT2D eigenvalue weighted by molar-refractivity contribution is -0.140. The van der Waals surface area contributed by atoms with Crippen LogP contribution in [0.3, 0.4) is 0 Å². The van der Waals surface area contributed by atoms with Crippen molar-refractivity contribution >= 4 is 35.1 Å². The van der Waals surface area contributed by atoms with Gasteiger partial charge in [-0.1, -0.05) is 17.7 Å². The summed E-state index contributed by atoms with van der Waals surface area (Å²) in [6, 6.07) is 6.31. The minimum absolute atomic E-state index is 0.00158. The number of rotatable bonds is 7. The molecule has 6 N–H and O–H groups in total. The van der Waals surface area contributed by atoms with E-state index in [1.54, 1.807) is 30.0 Å². The molecule has 3 aromatic heterocycles. The third kappa shape index (κ3) is 7.24. The molecule has 49 heavy (non-hydrogen) atoms. The molecule has 0 radical (unpaired) electrons. The third-order valence-electron chi connectivity index (χ3n) is 8.78. The Morgan fingerprint density at radius 3 is 2.43 bits per heavy atom. The van der Waals surface area contributed by atoms with Crippen LogP contribution in [0, 0.1) is 12.8 Å². The molecule has 0 saturated carbocycles. The van der Waals surface area contributed by atoms with Crippen molar-refractivity contribution in [3.63, 3.8) is 0 Å². The average molecular weight is 699 g/mol. The smallest absolute Gasteiger partial charge is 0.384 e. The molecule has 5 heterocycles. The summed E-state index contributed by atoms with van der Waals surface area (Å²) in [6.07, 6.45) is -0.686. The Kier molecular flexibility index (Phi) is 9.61. The summed E-state index contributed by atoms with van der Waals surface area (Å²) in [5.41, 5.74) is 5.91. The molecule has 0 bridgehead atoms. The first kappa shape index (κ1) is 33.9. The van der Waals surface area contributed by atoms with Crippen LogP contribution in [-0.4, -0.2) is 91.9 Å². The highest BCUT2D eigenvalue weighted by molar-refractivity contribution is 6.33. The van der Waals surface area contributed by atoms with Gasteiger partial charge in [-0.05, 0) is 62.2 Å². The number of carbonyl (C=O) groups excluding carboxylic acids is 3. The Morgan fingerprint density at radius 1 is 1.04 bits per heavy atom. The van der Waals surface area contributed by atoms with Crippen molar-refractivity contribution in [2.75, 3.05) is 45.0 Å². The van der Waals surface area contributed by atoms with Gasteiger partial charge in [-0.15, -0.1) is 0 Å². The zero-order valence-electron chi connectivity index (χ0n) is 26.5. The number of nitrogens with two attached hydrogens (primary N) is 1. The van der Waals surface area contributed by atoms with Gasteiger partial charge in [-0.25, -0.2) is 9.97 Å². The van der Waals surface area contributed by atoms with E-state index in [2.05, 4.69) is 35.8 Å². The second-order valence-electron chi connectivity index (χ2n) is 12.0. The number of pyridine rings is 1. The van der Waals surface area contributed by atoms with Gasteiger partial charge in [0.1, 0.15) is 17.2 Å². The molecule has 4 aromatic rings. The number of piperidine rings is 1. The fraction of sp³-hybridized carbons (Fsp3) is 0.375. The molecule has 2 fully saturated rings. The summed E-state index contributed by atoms with van der Waals surface area (Å²) in [5.74, 6) is -0.782. The number of imidazole rings is 1. The lowest BCUT2D eigenvalue weighted by Crippen LogP contribution is -2.52. The van der Waals surface area contributed by atoms with Crippen LogP contribution in [0.5, 0.6) is 0 Å². The number of benzene rings is 1. The number of nitrogens with one attached hydrogen (secondary N) is 4. The first-order valence-corrected chi connectivity index (χ1v) is 16.1. The molecule has 2 saturated heterocycles. The first-order chi connectivity index (χ1) is 23.4. The maximum Gasteiger partial charge on any atom is 0.433 e. The van der Waals surface area contributed by atoms with Crippen LogP contribution in [0.25, 0.3) is 22.5 Å². The number of alkyl halides is 3. The van der Waals surface area contributed by atoms with Crippen LogP contribution < -0.4 is 16.4 Å². The summed E-state index contributed by atoms with van der Waals surface area (Å²) >= 11 is 6.49. The summed E-state index contributed by atoms with van der Waals surface area (Å²) in [5, 5.41) is 12.1. The Balaban J connectivity index is 1.09. The molecule has 2 aliphatic heterocycles. The third-order valence-corrected chi connectivity index (χ3v) is 9.09. The van der Waals surface area contributed by atoms with E-state index >= 15 is 0 Å². The molecule has 258 valence electrons. The average Bonchev–Trinajstić information content (AvgIpc) is 3.75. The number of aromatic amines is 2. The van der Waals surface area contributed by atoms with E-state index in [9.17, 15) is 27.6 Å². The molecule has 17 heteroatoms. The van der Waals surface area contributed by atoms with E-state index in [1.807, 2.05) is 4.90 Å². The molecule has 3 amide bonds. The van der Waals surface area contributed by atoms with Crippen LogP contribution in [0.15, 0.2) is 36.7 Å². The van der Waals surface area contributed by atoms with E-state index in [0.717, 1.165) is 32.1 Å². The van der Waals surface area contributed by atoms with E-state index in [0.29, 0.717) is 48.4 Å². The number of aryl methyl sites for hydroxylation is 1. The van der Waals surface area contributed by atoms with Crippen molar-refractivity contribution < 1.29 is 27.6 Å². The van der Waals surface area contributed by atoms with Crippen molar-refractivity contribution in [2.24, 2.45) is 5.92 Å². The fourth-order valence-electron chi connectivity index (χ4n) is 6.13. The van der Waals surface area contributed by atoms with Crippen molar-refractivity contribution in [3.05, 3.63) is 69.9 Å². The van der Waals surface area contributed by atoms with Gasteiger partial charge in [0.2, 0.25) is 5.91 Å². The number of anilines is 1. The standard InChI is InChI=1S/C32H34ClF3N10O3/c1-17-12-24(37)39-15-21(17)26-25(27(44-43-26)32(34,35)36)23-16-40-28(42-23)29(47)41-14-18-2-3-20(22(33)13-18)31(49)46-10-8-45(9-11-46)30(48)19-4-6-38-7-5-19/h2-3,12-13,15-16,19,38H,4-11,14H2,1H3,(H2,37,39)(H,40,42)(H,41,47)(H,43,44). The monoisotopic (exact) mass is 698 g/mol. The minimum Gasteiger partial charge on any atom is -0.384 e. The number of amides is 3. The summed E-state index contributed by atoms with van der Waals surface area (Å²) in [6.45, 7) is 5.05. The molecular formula is C32H34ClF3N10O3. The first-order valence-electron chi connectivity index (χ1n) is 15.7. The number of nitrogens with zero attached hydrogens (tertiary/aromatic N) is 5. The molecule has 6 rings (SSSR count). The Hall–Kier alpha value is -4.96. The molecule has 13 nitrogen and oxygen atoms in total. The van der Waals surface area contributed by atoms with Gasteiger partial charge in [-0.3, -0.25) is 19.5 Å². The molecule has 2 aliphatic rings. The highest BCUT2D eigenvalue weighted by atomic mass is 35.5. The quantitative estimate of drug-likeness (QED) is 0.194. The predicted octanol–water partition coefficient (Wildman–Crippen LogP) is 3.64. The van der Waals surface area contributed by atoms with Crippen LogP contribution in [-0.2, 0) is 17.5 Å². The number of hydrogen-bond acceptors (Lipinski definition) is 8. The van der Waals surface area contributed by atoms with Crippen molar-refractivity contribution in [1.82, 2.24) is 45.6 Å². The molecule has 1 aromatic carbocycles. The molecule has 0 aliphatic carbocycles. The van der Waals surface area contributed by atoms with Gasteiger partial charge in [0.15, 0.2) is 5.82 Å². The Morgan fingerprint density at radius 2 is 1.76 bits per heavy atom. The summed E-state index contributed by atoms with van der Waals surface area (Å²) in [4.78, 5) is 53.3. The Labute approximate surface area is 283 Å². The topological polar surface area (TPSA) is 178 Å². The maximum absolute atomic E-state index is 14.0. The lowest BCUT2D eigenvalue weighted by atomic mass is 9.96. The van der Waals surface area contributed by atoms with Gasteiger partial charge in [-0.2, -0.15) is 18.3 Å². The predicted molar refractivity (Wildman–Crippen MR) is 174 cm³/mol. The van der Waals surface area contributed by atoms with Crippen LogP contribution in [0.4, 0.5) is 19.0 Å². The number of hydrogen-bond donors (Lipinski definition) is 5. The fourth-order valence-corrected chi connectivity index (χ4v) is 6.41. The number of H-pyrrole nitrogens is 2. The largest absolute Gasteiger partial charge is 0.433 e. The number of piperazine rings is 1. The molecular weight excluding hydrogens is 665 g/mol. The van der Waals surface area contributed by atoms with E-state index < -0.39 is 17.8 Å². The van der Waals surface area contributed by atoms with Gasteiger partial charge < -0.3 is 31.2 Å². The Bertz CT molecular complexity index is 1880. The van der Waals surface area contributed by atoms with Crippen LogP contribution >= 0.6 is 11.6 Å². The zero-order chi connectivity index (χ0) is 34.9. The number of aromatic nitrogens is 5. The van der Waals surface area contributed by atoms with Gasteiger partial charge in [0.25, 0.3) is 11.8 Å². The zero-order valence-corrected chi connectivity index (χ0v) is 27.2. The van der Waals surface area contributed by atoms with Crippen molar-refractivity contribution in [2.45, 2.75) is 32.5 Å². The number of halogens is 4. The summed E-state index contributed by atoms with van der Waals surface area (Å²) in [7, 11) is 0. The van der Waals surface area contributed by atoms with Gasteiger partial charge in [0.05, 0.1) is 28.0 Å². The highest BCUT2D eigenvalue weighted by Crippen LogP contribution is 2.41.